The van der Waals surface area contributed by atoms with Gasteiger partial charge in [0.2, 0.25) is 5.91 Å². The van der Waals surface area contributed by atoms with Crippen LogP contribution in [-0.4, -0.2) is 19.2 Å². The summed E-state index contributed by atoms with van der Waals surface area (Å²) in [4.78, 5) is 17.2. The Morgan fingerprint density at radius 2 is 1.70 bits per heavy atom. The second kappa shape index (κ2) is 6.35. The van der Waals surface area contributed by atoms with E-state index >= 15 is 0 Å². The van der Waals surface area contributed by atoms with Gasteiger partial charge in [0.15, 0.2) is 0 Å². The van der Waals surface area contributed by atoms with E-state index in [1.807, 2.05) is 48.5 Å². The molecule has 0 aliphatic heterocycles. The Morgan fingerprint density at radius 3 is 2.25 bits per heavy atom. The van der Waals surface area contributed by atoms with Crippen molar-refractivity contribution in [2.45, 2.75) is 6.92 Å². The molecule has 20 heavy (non-hydrogen) atoms. The molecule has 1 amide bonds. The highest BCUT2D eigenvalue weighted by Gasteiger charge is 2.04. The molecule has 2 aromatic rings. The van der Waals surface area contributed by atoms with Crippen LogP contribution in [0.1, 0.15) is 12.5 Å². The molecule has 0 heterocycles. The van der Waals surface area contributed by atoms with Crippen molar-refractivity contribution in [1.82, 2.24) is 0 Å². The van der Waals surface area contributed by atoms with Crippen LogP contribution in [0.5, 0.6) is 0 Å². The van der Waals surface area contributed by atoms with Crippen molar-refractivity contribution in [2.75, 3.05) is 11.9 Å². The Morgan fingerprint density at radius 1 is 1.10 bits per heavy atom. The molecule has 0 unspecified atom stereocenters. The van der Waals surface area contributed by atoms with Crippen LogP contribution in [0.4, 0.5) is 11.4 Å². The van der Waals surface area contributed by atoms with Crippen LogP contribution in [0.25, 0.3) is 0 Å². The van der Waals surface area contributed by atoms with Crippen molar-refractivity contribution in [1.29, 1.82) is 0 Å². The van der Waals surface area contributed by atoms with E-state index in [9.17, 15) is 4.79 Å². The van der Waals surface area contributed by atoms with Gasteiger partial charge >= 0.3 is 0 Å². The number of hydrogen-bond acceptors (Lipinski definition) is 2. The second-order valence-electron chi connectivity index (χ2n) is 4.40. The molecule has 0 aliphatic rings. The van der Waals surface area contributed by atoms with Gasteiger partial charge in [-0.25, -0.2) is 0 Å². The van der Waals surface area contributed by atoms with Crippen LogP contribution in [-0.2, 0) is 4.79 Å². The van der Waals surface area contributed by atoms with Crippen molar-refractivity contribution in [3.8, 4) is 0 Å². The number of amides is 1. The smallest absolute Gasteiger partial charge is 0.223 e. The fraction of sp³-hybridized carbons (Fsp3) is 0.125. The standard InChI is InChI=1S/C16H15ClN2O/c1-12(20)19(2)16-9-7-15(8-10-16)18-11-13-3-5-14(17)6-4-13/h3-11H,1-2H3/b18-11+. The van der Waals surface area contributed by atoms with Gasteiger partial charge in [-0.2, -0.15) is 0 Å². The highest BCUT2D eigenvalue weighted by Crippen LogP contribution is 2.19. The molecule has 0 saturated heterocycles. The van der Waals surface area contributed by atoms with Crippen LogP contribution in [0.15, 0.2) is 53.5 Å². The molecule has 4 heteroatoms. The number of carbonyl (C=O) groups is 1. The highest BCUT2D eigenvalue weighted by atomic mass is 35.5. The molecule has 3 nitrogen and oxygen atoms in total. The summed E-state index contributed by atoms with van der Waals surface area (Å²) in [6.45, 7) is 1.53. The van der Waals surface area contributed by atoms with Crippen LogP contribution >= 0.6 is 11.6 Å². The summed E-state index contributed by atoms with van der Waals surface area (Å²) < 4.78 is 0. The zero-order chi connectivity index (χ0) is 14.5. The first-order chi connectivity index (χ1) is 9.56. The Kier molecular flexibility index (Phi) is 4.53. The average Bonchev–Trinajstić information content (AvgIpc) is 2.46. The molecule has 0 aliphatic carbocycles. The van der Waals surface area contributed by atoms with Gasteiger partial charge in [0.25, 0.3) is 0 Å². The fourth-order valence-corrected chi connectivity index (χ4v) is 1.77. The van der Waals surface area contributed by atoms with Gasteiger partial charge < -0.3 is 4.90 Å². The minimum atomic E-state index is 0.00224. The zero-order valence-electron chi connectivity index (χ0n) is 11.4. The number of hydrogen-bond donors (Lipinski definition) is 0. The van der Waals surface area contributed by atoms with Crippen molar-refractivity contribution in [3.05, 3.63) is 59.1 Å². The monoisotopic (exact) mass is 286 g/mol. The lowest BCUT2D eigenvalue weighted by atomic mass is 10.2. The van der Waals surface area contributed by atoms with E-state index in [1.165, 1.54) is 6.92 Å². The molecule has 0 aromatic heterocycles. The molecule has 0 fully saturated rings. The van der Waals surface area contributed by atoms with Gasteiger partial charge in [0.05, 0.1) is 5.69 Å². The first kappa shape index (κ1) is 14.3. The van der Waals surface area contributed by atoms with Crippen LogP contribution < -0.4 is 4.90 Å². The molecular formula is C16H15ClN2O. The van der Waals surface area contributed by atoms with E-state index in [0.29, 0.717) is 5.02 Å². The van der Waals surface area contributed by atoms with Gasteiger partial charge in [0, 0.05) is 30.9 Å². The highest BCUT2D eigenvalue weighted by molar-refractivity contribution is 6.30. The normalized spacial score (nSPS) is 10.8. The van der Waals surface area contributed by atoms with E-state index in [0.717, 1.165) is 16.9 Å². The topological polar surface area (TPSA) is 32.7 Å². The van der Waals surface area contributed by atoms with Crippen molar-refractivity contribution in [2.24, 2.45) is 4.99 Å². The van der Waals surface area contributed by atoms with Gasteiger partial charge in [-0.3, -0.25) is 9.79 Å². The summed E-state index contributed by atoms with van der Waals surface area (Å²) in [5.41, 5.74) is 2.67. The molecule has 0 saturated carbocycles. The lowest BCUT2D eigenvalue weighted by Gasteiger charge is -2.14. The molecule has 2 aromatic carbocycles. The van der Waals surface area contributed by atoms with Crippen LogP contribution in [0.2, 0.25) is 5.02 Å². The minimum Gasteiger partial charge on any atom is -0.316 e. The maximum Gasteiger partial charge on any atom is 0.223 e. The number of nitrogens with zero attached hydrogens (tertiary/aromatic N) is 2. The molecule has 0 N–H and O–H groups in total. The second-order valence-corrected chi connectivity index (χ2v) is 4.84. The van der Waals surface area contributed by atoms with Crippen LogP contribution in [0.3, 0.4) is 0 Å². The molecular weight excluding hydrogens is 272 g/mol. The first-order valence-corrected chi connectivity index (χ1v) is 6.58. The Hall–Kier alpha value is -2.13. The maximum absolute atomic E-state index is 11.3. The summed E-state index contributed by atoms with van der Waals surface area (Å²) in [6.07, 6.45) is 1.78. The molecule has 0 spiro atoms. The number of carbonyl (C=O) groups excluding carboxylic acids is 1. The van der Waals surface area contributed by atoms with Gasteiger partial charge in [-0.1, -0.05) is 23.7 Å². The third-order valence-corrected chi connectivity index (χ3v) is 3.19. The number of aliphatic imine (C=N–C) groups is 1. The first-order valence-electron chi connectivity index (χ1n) is 6.20. The van der Waals surface area contributed by atoms with Crippen LogP contribution in [0, 0.1) is 0 Å². The van der Waals surface area contributed by atoms with Crippen molar-refractivity contribution < 1.29 is 4.79 Å². The third kappa shape index (κ3) is 3.68. The van der Waals surface area contributed by atoms with Crippen molar-refractivity contribution in [3.63, 3.8) is 0 Å². The van der Waals surface area contributed by atoms with Gasteiger partial charge in [0.1, 0.15) is 0 Å². The Bertz CT molecular complexity index is 618. The minimum absolute atomic E-state index is 0.00224. The third-order valence-electron chi connectivity index (χ3n) is 2.94. The number of anilines is 1. The predicted octanol–water partition coefficient (Wildman–Crippen LogP) is 4.07. The van der Waals surface area contributed by atoms with E-state index in [1.54, 1.807) is 18.2 Å². The number of benzene rings is 2. The molecule has 0 radical (unpaired) electrons. The fourth-order valence-electron chi connectivity index (χ4n) is 1.64. The van der Waals surface area contributed by atoms with E-state index < -0.39 is 0 Å². The van der Waals surface area contributed by atoms with E-state index in [4.69, 9.17) is 11.6 Å². The Balaban J connectivity index is 2.10. The van der Waals surface area contributed by atoms with Gasteiger partial charge in [-0.15, -0.1) is 0 Å². The summed E-state index contributed by atoms with van der Waals surface area (Å²) in [5.74, 6) is 0.00224. The molecule has 102 valence electrons. The molecule has 0 atom stereocenters. The summed E-state index contributed by atoms with van der Waals surface area (Å²) >= 11 is 5.82. The van der Waals surface area contributed by atoms with Gasteiger partial charge in [-0.05, 0) is 42.0 Å². The largest absolute Gasteiger partial charge is 0.316 e. The Labute approximate surface area is 123 Å². The lowest BCUT2D eigenvalue weighted by molar-refractivity contribution is -0.116. The summed E-state index contributed by atoms with van der Waals surface area (Å²) in [5, 5.41) is 0.707. The zero-order valence-corrected chi connectivity index (χ0v) is 12.1. The average molecular weight is 287 g/mol. The number of rotatable bonds is 3. The maximum atomic E-state index is 11.3. The number of halogens is 1. The lowest BCUT2D eigenvalue weighted by Crippen LogP contribution is -2.22. The SMILES string of the molecule is CC(=O)N(C)c1ccc(/N=C/c2ccc(Cl)cc2)cc1. The summed E-state index contributed by atoms with van der Waals surface area (Å²) in [6, 6.07) is 15.0. The predicted molar refractivity (Wildman–Crippen MR) is 84.2 cm³/mol. The van der Waals surface area contributed by atoms with E-state index in [-0.39, 0.29) is 5.91 Å². The quantitative estimate of drug-likeness (QED) is 0.783. The molecule has 2 rings (SSSR count). The van der Waals surface area contributed by atoms with E-state index in [2.05, 4.69) is 4.99 Å². The summed E-state index contributed by atoms with van der Waals surface area (Å²) in [7, 11) is 1.74. The van der Waals surface area contributed by atoms with Crippen molar-refractivity contribution >= 4 is 35.1 Å². The molecule has 0 bridgehead atoms.